The Morgan fingerprint density at radius 3 is 1.67 bits per heavy atom. The van der Waals surface area contributed by atoms with Gasteiger partial charge in [-0.1, -0.05) is 6.07 Å². The van der Waals surface area contributed by atoms with Gasteiger partial charge in [0.25, 0.3) is 0 Å². The van der Waals surface area contributed by atoms with Crippen molar-refractivity contribution in [2.75, 3.05) is 19.6 Å². The molecule has 20 heteroatoms. The zero-order chi connectivity index (χ0) is 35.3. The highest BCUT2D eigenvalue weighted by Gasteiger charge is 2.48. The van der Waals surface area contributed by atoms with Gasteiger partial charge in [-0.05, 0) is 55.6 Å². The van der Waals surface area contributed by atoms with E-state index >= 15 is 0 Å². The van der Waals surface area contributed by atoms with Crippen molar-refractivity contribution < 1.29 is 74.0 Å². The van der Waals surface area contributed by atoms with Crippen molar-refractivity contribution in [2.24, 2.45) is 5.41 Å². The van der Waals surface area contributed by atoms with Crippen LogP contribution >= 0.6 is 0 Å². The van der Waals surface area contributed by atoms with Gasteiger partial charge in [0.05, 0.1) is 11.1 Å². The van der Waals surface area contributed by atoms with Crippen LogP contribution in [0.2, 0.25) is 0 Å². The Morgan fingerprint density at radius 1 is 0.739 bits per heavy atom. The van der Waals surface area contributed by atoms with E-state index in [9.17, 15) is 44.3 Å². The number of hydrogen-bond donors (Lipinski definition) is 3. The first-order chi connectivity index (χ1) is 21.1. The molecule has 2 aliphatic heterocycles. The van der Waals surface area contributed by atoms with Gasteiger partial charge in [0.2, 0.25) is 5.91 Å². The summed E-state index contributed by atoms with van der Waals surface area (Å²) in [5, 5.41) is 21.4. The molecule has 4 rings (SSSR count). The Morgan fingerprint density at radius 2 is 1.24 bits per heavy atom. The molecule has 2 saturated heterocycles. The normalized spacial score (nSPS) is 18.3. The molecule has 1 unspecified atom stereocenters. The van der Waals surface area contributed by atoms with E-state index in [1.165, 1.54) is 0 Å². The van der Waals surface area contributed by atoms with E-state index in [1.807, 2.05) is 35.4 Å². The molecule has 0 aromatic carbocycles. The van der Waals surface area contributed by atoms with Gasteiger partial charge in [0, 0.05) is 44.8 Å². The molecule has 0 bridgehead atoms. The molecule has 1 spiro atoms. The quantitative estimate of drug-likeness (QED) is 0.396. The maximum absolute atomic E-state index is 13.2. The Labute approximate surface area is 254 Å². The van der Waals surface area contributed by atoms with Gasteiger partial charge >= 0.3 is 36.4 Å². The van der Waals surface area contributed by atoms with Crippen molar-refractivity contribution in [2.45, 2.75) is 50.9 Å². The second-order valence-electron chi connectivity index (χ2n) is 9.66. The van der Waals surface area contributed by atoms with Gasteiger partial charge in [0.1, 0.15) is 0 Å². The van der Waals surface area contributed by atoms with E-state index < -0.39 is 36.4 Å². The lowest BCUT2D eigenvalue weighted by atomic mass is 9.78. The molecule has 1 amide bonds. The summed E-state index contributed by atoms with van der Waals surface area (Å²) in [4.78, 5) is 52.8. The fourth-order valence-corrected chi connectivity index (χ4v) is 4.21. The lowest BCUT2D eigenvalue weighted by Gasteiger charge is -2.39. The average Bonchev–Trinajstić information content (AvgIpc) is 3.23. The molecular weight excluding hydrogens is 651 g/mol. The van der Waals surface area contributed by atoms with Crippen LogP contribution in [0.1, 0.15) is 30.5 Å². The summed E-state index contributed by atoms with van der Waals surface area (Å²) in [6.45, 7) is 4.30. The molecule has 46 heavy (non-hydrogen) atoms. The first-order valence-electron chi connectivity index (χ1n) is 12.8. The summed E-state index contributed by atoms with van der Waals surface area (Å²) in [6.07, 6.45) is -6.76. The predicted molar refractivity (Wildman–Crippen MR) is 137 cm³/mol. The van der Waals surface area contributed by atoms with E-state index in [4.69, 9.17) is 29.7 Å². The Bertz CT molecular complexity index is 1240. The molecule has 2 aromatic rings. The van der Waals surface area contributed by atoms with Crippen molar-refractivity contribution in [1.82, 2.24) is 19.8 Å². The fraction of sp³-hybridized carbons (Fsp3) is 0.462. The van der Waals surface area contributed by atoms with E-state index in [1.54, 1.807) is 12.4 Å². The third kappa shape index (κ3) is 13.7. The number of amides is 1. The first-order valence-corrected chi connectivity index (χ1v) is 12.8. The minimum absolute atomic E-state index is 0.194. The van der Waals surface area contributed by atoms with Crippen LogP contribution in [0.3, 0.4) is 0 Å². The molecule has 2 aromatic heterocycles. The molecule has 1 atom stereocenters. The zero-order valence-corrected chi connectivity index (χ0v) is 23.4. The van der Waals surface area contributed by atoms with Gasteiger partial charge in [0.15, 0.2) is 0 Å². The number of carboxylic acids is 3. The topological polar surface area (TPSA) is 161 Å². The van der Waals surface area contributed by atoms with Crippen LogP contribution in [-0.2, 0) is 32.3 Å². The lowest BCUT2D eigenvalue weighted by molar-refractivity contribution is -0.193. The summed E-state index contributed by atoms with van der Waals surface area (Å²) >= 11 is 0. The van der Waals surface area contributed by atoms with Crippen LogP contribution < -0.4 is 0 Å². The second-order valence-corrected chi connectivity index (χ2v) is 9.66. The van der Waals surface area contributed by atoms with Gasteiger partial charge in [-0.2, -0.15) is 39.5 Å². The predicted octanol–water partition coefficient (Wildman–Crippen LogP) is 4.39. The smallest absolute Gasteiger partial charge is 0.475 e. The largest absolute Gasteiger partial charge is 0.490 e. The van der Waals surface area contributed by atoms with Crippen molar-refractivity contribution in [3.05, 3.63) is 60.2 Å². The Kier molecular flexibility index (Phi) is 14.4. The molecule has 4 heterocycles. The van der Waals surface area contributed by atoms with Crippen LogP contribution in [0.5, 0.6) is 0 Å². The summed E-state index contributed by atoms with van der Waals surface area (Å²) in [5.74, 6) is -7.94. The Balaban J connectivity index is 0.000000413. The number of piperidine rings is 1. The van der Waals surface area contributed by atoms with E-state index in [2.05, 4.69) is 20.9 Å². The SMILES string of the molecule is O=C(O)C(F)(F)F.O=C(O)C(F)(F)F.O=C(O)C(F)(F)F.O=C1N(Cc2ccncc2)CCC12CCCN(Cc1ccccn1)C2. The third-order valence-electron chi connectivity index (χ3n) is 6.22. The molecule has 0 radical (unpaired) electrons. The highest BCUT2D eigenvalue weighted by Crippen LogP contribution is 2.41. The molecule has 0 aliphatic carbocycles. The first kappa shape index (κ1) is 39.5. The Hall–Kier alpha value is -4.49. The van der Waals surface area contributed by atoms with Crippen molar-refractivity contribution in [1.29, 1.82) is 0 Å². The fourth-order valence-electron chi connectivity index (χ4n) is 4.21. The van der Waals surface area contributed by atoms with Crippen molar-refractivity contribution in [3.8, 4) is 0 Å². The van der Waals surface area contributed by atoms with Crippen LogP contribution in [0, 0.1) is 5.41 Å². The number of rotatable bonds is 4. The lowest BCUT2D eigenvalue weighted by Crippen LogP contribution is -2.47. The second kappa shape index (κ2) is 16.7. The van der Waals surface area contributed by atoms with Crippen LogP contribution in [-0.4, -0.2) is 97.1 Å². The average molecular weight is 679 g/mol. The van der Waals surface area contributed by atoms with E-state index in [0.717, 1.165) is 56.7 Å². The number of carbonyl (C=O) groups excluding carboxylic acids is 1. The molecule has 256 valence electrons. The highest BCUT2D eigenvalue weighted by atomic mass is 19.4. The maximum Gasteiger partial charge on any atom is 0.490 e. The van der Waals surface area contributed by atoms with Gasteiger partial charge < -0.3 is 20.2 Å². The molecule has 2 fully saturated rings. The molecule has 2 aliphatic rings. The number of hydrogen-bond acceptors (Lipinski definition) is 7. The number of aliphatic carboxylic acids is 3. The number of carbonyl (C=O) groups is 4. The number of alkyl halides is 9. The summed E-state index contributed by atoms with van der Waals surface area (Å²) in [7, 11) is 0. The molecule has 11 nitrogen and oxygen atoms in total. The minimum atomic E-state index is -5.08. The third-order valence-corrected chi connectivity index (χ3v) is 6.22. The summed E-state index contributed by atoms with van der Waals surface area (Å²) in [6, 6.07) is 10.0. The number of carboxylic acid groups (broad SMARTS) is 3. The maximum atomic E-state index is 13.2. The van der Waals surface area contributed by atoms with E-state index in [0.29, 0.717) is 12.5 Å². The number of aromatic nitrogens is 2. The summed E-state index contributed by atoms with van der Waals surface area (Å²) in [5.41, 5.74) is 2.04. The number of likely N-dealkylation sites (tertiary alicyclic amines) is 2. The van der Waals surface area contributed by atoms with Crippen LogP contribution in [0.4, 0.5) is 39.5 Å². The number of pyridine rings is 2. The van der Waals surface area contributed by atoms with Crippen LogP contribution in [0.15, 0.2) is 48.9 Å². The van der Waals surface area contributed by atoms with Crippen LogP contribution in [0.25, 0.3) is 0 Å². The van der Waals surface area contributed by atoms with Crippen molar-refractivity contribution >= 4 is 23.8 Å². The van der Waals surface area contributed by atoms with Gasteiger partial charge in [-0.25, -0.2) is 14.4 Å². The van der Waals surface area contributed by atoms with Crippen molar-refractivity contribution in [3.63, 3.8) is 0 Å². The zero-order valence-electron chi connectivity index (χ0n) is 23.4. The van der Waals surface area contributed by atoms with Gasteiger partial charge in [-0.15, -0.1) is 0 Å². The minimum Gasteiger partial charge on any atom is -0.475 e. The standard InChI is InChI=1S/C20H24N4O.3C2HF3O2/c25-19-20(8-13-24(19)14-17-5-10-21-11-6-17)7-3-12-23(16-20)15-18-4-1-2-9-22-18;3*3-2(4,5)1(6)7/h1-2,4-6,9-11H,3,7-8,12-16H2;3*(H,6,7). The molecule has 3 N–H and O–H groups in total. The molecular formula is C26H27F9N4O7. The highest BCUT2D eigenvalue weighted by molar-refractivity contribution is 5.85. The molecule has 0 saturated carbocycles. The number of nitrogens with zero attached hydrogens (tertiary/aromatic N) is 4. The van der Waals surface area contributed by atoms with Gasteiger partial charge in [-0.3, -0.25) is 19.7 Å². The van der Waals surface area contributed by atoms with E-state index in [-0.39, 0.29) is 5.41 Å². The summed E-state index contributed by atoms with van der Waals surface area (Å²) < 4.78 is 95.2. The monoisotopic (exact) mass is 678 g/mol. The number of halogens is 9.